The Labute approximate surface area is 197 Å². The molecule has 178 valence electrons. The van der Waals surface area contributed by atoms with Crippen LogP contribution in [0.15, 0.2) is 6.33 Å². The first kappa shape index (κ1) is 22.7. The van der Waals surface area contributed by atoms with Gasteiger partial charge in [0.25, 0.3) is 0 Å². The van der Waals surface area contributed by atoms with Gasteiger partial charge in [-0.05, 0) is 55.9 Å². The van der Waals surface area contributed by atoms with Crippen LogP contribution in [0.5, 0.6) is 5.88 Å². The van der Waals surface area contributed by atoms with E-state index in [1.807, 2.05) is 0 Å². The van der Waals surface area contributed by atoms with Gasteiger partial charge in [-0.3, -0.25) is 9.69 Å². The Bertz CT molecular complexity index is 1010. The number of hydrogen-bond acceptors (Lipinski definition) is 9. The highest BCUT2D eigenvalue weighted by Gasteiger charge is 2.34. The number of fused-ring (bicyclic) bond motifs is 3. The lowest BCUT2D eigenvalue weighted by molar-refractivity contribution is -0.151. The number of Topliss-reactive ketones (excluding diaryl/α,β-unsaturated/α-hetero) is 1. The van der Waals surface area contributed by atoms with Gasteiger partial charge in [-0.15, -0.1) is 11.3 Å². The maximum absolute atomic E-state index is 12.2. The lowest BCUT2D eigenvalue weighted by Crippen LogP contribution is -2.40. The Morgan fingerprint density at radius 3 is 2.70 bits per heavy atom. The standard InChI is InChI=1S/C24H31N3O5S/c1-30-24(29)18(28)12-16-4-7-19-20(16)21-22(25-14-26-23(21)33-19)32-17-5-2-15(3-6-17)13-27-8-10-31-11-9-27/h14-17H,2-13H2,1H3. The molecule has 0 amide bonds. The minimum atomic E-state index is -0.774. The summed E-state index contributed by atoms with van der Waals surface area (Å²) in [5.41, 5.74) is 1.10. The molecule has 0 N–H and O–H groups in total. The number of esters is 1. The molecule has 0 radical (unpaired) electrons. The average Bonchev–Trinajstić information content (AvgIpc) is 3.40. The van der Waals surface area contributed by atoms with E-state index >= 15 is 0 Å². The fourth-order valence-electron chi connectivity index (χ4n) is 5.49. The molecule has 1 unspecified atom stereocenters. The number of morpholine rings is 1. The van der Waals surface area contributed by atoms with E-state index in [4.69, 9.17) is 9.47 Å². The average molecular weight is 474 g/mol. The van der Waals surface area contributed by atoms with Gasteiger partial charge in [-0.2, -0.15) is 0 Å². The van der Waals surface area contributed by atoms with Crippen molar-refractivity contribution in [3.63, 3.8) is 0 Å². The van der Waals surface area contributed by atoms with Crippen molar-refractivity contribution in [3.8, 4) is 5.88 Å². The Kier molecular flexibility index (Phi) is 6.89. The zero-order chi connectivity index (χ0) is 22.8. The van der Waals surface area contributed by atoms with Gasteiger partial charge in [0.05, 0.1) is 25.7 Å². The molecule has 3 heterocycles. The summed E-state index contributed by atoms with van der Waals surface area (Å²) in [6.07, 6.45) is 7.99. The number of carbonyl (C=O) groups excluding carboxylic acids is 2. The van der Waals surface area contributed by atoms with E-state index in [9.17, 15) is 9.59 Å². The zero-order valence-corrected chi connectivity index (χ0v) is 19.9. The minimum absolute atomic E-state index is 0.0158. The Balaban J connectivity index is 1.27. The first-order chi connectivity index (χ1) is 16.1. The molecule has 2 aromatic rings. The number of nitrogens with zero attached hydrogens (tertiary/aromatic N) is 3. The molecule has 2 fully saturated rings. The van der Waals surface area contributed by atoms with Gasteiger partial charge in [0.2, 0.25) is 11.7 Å². The van der Waals surface area contributed by atoms with Crippen molar-refractivity contribution in [2.24, 2.45) is 5.92 Å². The summed E-state index contributed by atoms with van der Waals surface area (Å²) >= 11 is 1.65. The first-order valence-electron chi connectivity index (χ1n) is 12.0. The van der Waals surface area contributed by atoms with Crippen molar-refractivity contribution in [1.29, 1.82) is 0 Å². The van der Waals surface area contributed by atoms with Crippen molar-refractivity contribution in [2.45, 2.75) is 57.0 Å². The van der Waals surface area contributed by atoms with Crippen molar-refractivity contribution in [3.05, 3.63) is 16.8 Å². The quantitative estimate of drug-likeness (QED) is 0.448. The molecule has 33 heavy (non-hydrogen) atoms. The van der Waals surface area contributed by atoms with Crippen molar-refractivity contribution in [1.82, 2.24) is 14.9 Å². The maximum atomic E-state index is 12.2. The molecule has 1 saturated heterocycles. The number of ether oxygens (including phenoxy) is 3. The second-order valence-electron chi connectivity index (χ2n) is 9.33. The van der Waals surface area contributed by atoms with Crippen LogP contribution in [0.3, 0.4) is 0 Å². The van der Waals surface area contributed by atoms with Crippen LogP contribution in [0.25, 0.3) is 10.2 Å². The topological polar surface area (TPSA) is 90.9 Å². The summed E-state index contributed by atoms with van der Waals surface area (Å²) < 4.78 is 16.5. The minimum Gasteiger partial charge on any atom is -0.474 e. The Hall–Kier alpha value is -2.10. The van der Waals surface area contributed by atoms with E-state index in [1.165, 1.54) is 12.0 Å². The van der Waals surface area contributed by atoms with Crippen LogP contribution in [0.4, 0.5) is 0 Å². The summed E-state index contributed by atoms with van der Waals surface area (Å²) in [5, 5.41) is 0.938. The monoisotopic (exact) mass is 473 g/mol. The first-order valence-corrected chi connectivity index (χ1v) is 12.8. The van der Waals surface area contributed by atoms with Gasteiger partial charge in [0.1, 0.15) is 17.3 Å². The lowest BCUT2D eigenvalue weighted by Gasteiger charge is -2.34. The van der Waals surface area contributed by atoms with Crippen molar-refractivity contribution in [2.75, 3.05) is 40.0 Å². The van der Waals surface area contributed by atoms with E-state index in [2.05, 4.69) is 19.6 Å². The van der Waals surface area contributed by atoms with Gasteiger partial charge in [-0.25, -0.2) is 14.8 Å². The Morgan fingerprint density at radius 1 is 1.15 bits per heavy atom. The van der Waals surface area contributed by atoms with Gasteiger partial charge in [-0.1, -0.05) is 0 Å². The second kappa shape index (κ2) is 10.0. The number of thiophene rings is 1. The molecular weight excluding hydrogens is 442 g/mol. The third-order valence-corrected chi connectivity index (χ3v) is 8.41. The molecular formula is C24H31N3O5S. The number of carbonyl (C=O) groups is 2. The number of aromatic nitrogens is 2. The maximum Gasteiger partial charge on any atom is 0.374 e. The molecule has 1 atom stereocenters. The van der Waals surface area contributed by atoms with Crippen molar-refractivity contribution >= 4 is 33.3 Å². The molecule has 8 nitrogen and oxygen atoms in total. The number of methoxy groups -OCH3 is 1. The SMILES string of the molecule is COC(=O)C(=O)CC1CCc2sc3ncnc(OC4CCC(CN5CCOCC5)CC4)c3c21. The molecule has 0 aromatic carbocycles. The van der Waals surface area contributed by atoms with Crippen LogP contribution in [0.1, 0.15) is 54.9 Å². The highest BCUT2D eigenvalue weighted by Crippen LogP contribution is 2.47. The molecule has 2 aliphatic carbocycles. The largest absolute Gasteiger partial charge is 0.474 e. The van der Waals surface area contributed by atoms with Crippen LogP contribution in [-0.2, 0) is 25.5 Å². The molecule has 0 spiro atoms. The lowest BCUT2D eigenvalue weighted by atomic mass is 9.87. The number of hydrogen-bond donors (Lipinski definition) is 0. The molecule has 5 rings (SSSR count). The Morgan fingerprint density at radius 2 is 1.94 bits per heavy atom. The molecule has 3 aliphatic rings. The number of ketones is 1. The summed E-state index contributed by atoms with van der Waals surface area (Å²) in [6, 6.07) is 0. The highest BCUT2D eigenvalue weighted by molar-refractivity contribution is 7.19. The van der Waals surface area contributed by atoms with Gasteiger partial charge < -0.3 is 14.2 Å². The van der Waals surface area contributed by atoms with Crippen LogP contribution in [-0.4, -0.2) is 72.7 Å². The van der Waals surface area contributed by atoms with E-state index < -0.39 is 11.8 Å². The van der Waals surface area contributed by atoms with Gasteiger partial charge >= 0.3 is 5.97 Å². The predicted molar refractivity (Wildman–Crippen MR) is 124 cm³/mol. The molecule has 2 aromatic heterocycles. The highest BCUT2D eigenvalue weighted by atomic mass is 32.1. The third kappa shape index (κ3) is 4.90. The molecule has 1 saturated carbocycles. The zero-order valence-electron chi connectivity index (χ0n) is 19.1. The van der Waals surface area contributed by atoms with E-state index in [1.54, 1.807) is 17.7 Å². The number of aryl methyl sites for hydroxylation is 1. The smallest absolute Gasteiger partial charge is 0.374 e. The third-order valence-electron chi connectivity index (χ3n) is 7.23. The molecule has 0 bridgehead atoms. The van der Waals surface area contributed by atoms with Crippen LogP contribution >= 0.6 is 11.3 Å². The van der Waals surface area contributed by atoms with E-state index in [-0.39, 0.29) is 18.4 Å². The van der Waals surface area contributed by atoms with Crippen molar-refractivity contribution < 1.29 is 23.8 Å². The summed E-state index contributed by atoms with van der Waals surface area (Å²) in [6.45, 7) is 4.93. The fraction of sp³-hybridized carbons (Fsp3) is 0.667. The molecule has 9 heteroatoms. The predicted octanol–water partition coefficient (Wildman–Crippen LogP) is 3.12. The number of rotatable bonds is 7. The summed E-state index contributed by atoms with van der Waals surface area (Å²) in [7, 11) is 1.25. The van der Waals surface area contributed by atoms with E-state index in [0.29, 0.717) is 11.8 Å². The fourth-order valence-corrected chi connectivity index (χ4v) is 6.73. The van der Waals surface area contributed by atoms with Crippen LogP contribution in [0, 0.1) is 5.92 Å². The normalized spacial score (nSPS) is 25.7. The van der Waals surface area contributed by atoms with Gasteiger partial charge in [0.15, 0.2) is 0 Å². The molecule has 1 aliphatic heterocycles. The van der Waals surface area contributed by atoms with Gasteiger partial charge in [0, 0.05) is 30.9 Å². The second-order valence-corrected chi connectivity index (χ2v) is 10.4. The van der Waals surface area contributed by atoms with E-state index in [0.717, 1.165) is 87.2 Å². The summed E-state index contributed by atoms with van der Waals surface area (Å²) in [4.78, 5) is 37.5. The van der Waals surface area contributed by atoms with Crippen LogP contribution < -0.4 is 4.74 Å². The summed E-state index contributed by atoms with van der Waals surface area (Å²) in [5.74, 6) is 0.0779. The van der Waals surface area contributed by atoms with Crippen LogP contribution in [0.2, 0.25) is 0 Å².